The largest absolute Gasteiger partial charge is 0.310 e. The summed E-state index contributed by atoms with van der Waals surface area (Å²) in [7, 11) is 0. The molecule has 98 valence electrons. The van der Waals surface area contributed by atoms with Crippen molar-refractivity contribution < 1.29 is 0 Å². The molecule has 2 saturated heterocycles. The molecule has 0 aromatic heterocycles. The van der Waals surface area contributed by atoms with Crippen LogP contribution in [0.4, 0.5) is 0 Å². The van der Waals surface area contributed by atoms with Crippen molar-refractivity contribution in [2.45, 2.75) is 50.6 Å². The lowest BCUT2D eigenvalue weighted by molar-refractivity contribution is 0.154. The number of thioether (sulfide) groups is 1. The zero-order chi connectivity index (χ0) is 11.7. The van der Waals surface area contributed by atoms with E-state index in [0.717, 1.165) is 12.0 Å². The third-order valence-corrected chi connectivity index (χ3v) is 6.01. The molecule has 3 rings (SSSR count). The third-order valence-electron chi connectivity index (χ3n) is 4.81. The van der Waals surface area contributed by atoms with Gasteiger partial charge in [-0.15, -0.1) is 0 Å². The first-order valence-corrected chi connectivity index (χ1v) is 8.50. The molecule has 2 nitrogen and oxygen atoms in total. The van der Waals surface area contributed by atoms with Crippen LogP contribution in [0.25, 0.3) is 0 Å². The van der Waals surface area contributed by atoms with Gasteiger partial charge >= 0.3 is 0 Å². The molecule has 0 aromatic carbocycles. The maximum atomic E-state index is 3.84. The zero-order valence-electron chi connectivity index (χ0n) is 11.1. The zero-order valence-corrected chi connectivity index (χ0v) is 11.9. The Morgan fingerprint density at radius 1 is 1.24 bits per heavy atom. The van der Waals surface area contributed by atoms with E-state index in [1.807, 2.05) is 0 Å². The smallest absolute Gasteiger partial charge is 0.0308 e. The van der Waals surface area contributed by atoms with E-state index < -0.39 is 0 Å². The molecule has 3 heteroatoms. The van der Waals surface area contributed by atoms with Gasteiger partial charge in [-0.3, -0.25) is 4.90 Å². The molecule has 2 unspecified atom stereocenters. The summed E-state index contributed by atoms with van der Waals surface area (Å²) in [6.07, 6.45) is 7.12. The second kappa shape index (κ2) is 5.10. The molecule has 3 fully saturated rings. The van der Waals surface area contributed by atoms with Gasteiger partial charge in [0.2, 0.25) is 0 Å². The van der Waals surface area contributed by atoms with Crippen LogP contribution in [-0.4, -0.2) is 47.6 Å². The minimum absolute atomic E-state index is 0.415. The van der Waals surface area contributed by atoms with Crippen LogP contribution in [0, 0.1) is 5.92 Å². The lowest BCUT2D eigenvalue weighted by Crippen LogP contribution is -2.53. The molecule has 0 radical (unpaired) electrons. The van der Waals surface area contributed by atoms with Gasteiger partial charge in [0.1, 0.15) is 0 Å². The van der Waals surface area contributed by atoms with Crippen LogP contribution in [0.5, 0.6) is 0 Å². The van der Waals surface area contributed by atoms with Crippen LogP contribution < -0.4 is 5.32 Å². The molecule has 2 aliphatic heterocycles. The van der Waals surface area contributed by atoms with Crippen molar-refractivity contribution in [3.63, 3.8) is 0 Å². The molecular formula is C14H26N2S. The van der Waals surface area contributed by atoms with Crippen LogP contribution >= 0.6 is 11.8 Å². The van der Waals surface area contributed by atoms with Crippen molar-refractivity contribution in [3.8, 4) is 0 Å². The van der Waals surface area contributed by atoms with Crippen molar-refractivity contribution in [2.24, 2.45) is 5.92 Å². The Balaban J connectivity index is 1.66. The maximum absolute atomic E-state index is 3.84. The van der Waals surface area contributed by atoms with Gasteiger partial charge in [-0.05, 0) is 63.8 Å². The summed E-state index contributed by atoms with van der Waals surface area (Å²) in [6, 6.07) is 0.867. The molecule has 3 aliphatic rings. The Bertz CT molecular complexity index is 261. The Morgan fingerprint density at radius 3 is 2.82 bits per heavy atom. The van der Waals surface area contributed by atoms with E-state index in [-0.39, 0.29) is 0 Å². The van der Waals surface area contributed by atoms with E-state index in [4.69, 9.17) is 0 Å². The Hall–Kier alpha value is 0.270. The summed E-state index contributed by atoms with van der Waals surface area (Å²) >= 11 is 2.17. The van der Waals surface area contributed by atoms with Gasteiger partial charge in [0.25, 0.3) is 0 Å². The summed E-state index contributed by atoms with van der Waals surface area (Å²) in [5.41, 5.74) is 0.415. The Labute approximate surface area is 110 Å². The molecular weight excluding hydrogens is 228 g/mol. The van der Waals surface area contributed by atoms with Gasteiger partial charge in [-0.25, -0.2) is 0 Å². The van der Waals surface area contributed by atoms with Crippen LogP contribution in [0.1, 0.15) is 39.0 Å². The minimum atomic E-state index is 0.415. The van der Waals surface area contributed by atoms with Crippen molar-refractivity contribution in [2.75, 3.05) is 31.1 Å². The Kier molecular flexibility index (Phi) is 3.69. The predicted molar refractivity (Wildman–Crippen MR) is 75.7 cm³/mol. The van der Waals surface area contributed by atoms with Gasteiger partial charge in [0.05, 0.1) is 0 Å². The normalized spacial score (nSPS) is 41.1. The molecule has 1 saturated carbocycles. The van der Waals surface area contributed by atoms with Crippen LogP contribution in [-0.2, 0) is 0 Å². The summed E-state index contributed by atoms with van der Waals surface area (Å²) in [5, 5.41) is 3.84. The average Bonchev–Trinajstić information content (AvgIpc) is 3.17. The van der Waals surface area contributed by atoms with E-state index in [9.17, 15) is 0 Å². The standard InChI is InChI=1S/C14H26N2S/c1-14(12-5-6-12)11-16(8-3-7-15-14)13-4-2-9-17-10-13/h12-13,15H,2-11H2,1H3. The second-order valence-corrected chi connectivity index (χ2v) is 7.46. The van der Waals surface area contributed by atoms with Gasteiger partial charge in [0, 0.05) is 23.9 Å². The van der Waals surface area contributed by atoms with Crippen LogP contribution in [0.2, 0.25) is 0 Å². The summed E-state index contributed by atoms with van der Waals surface area (Å²) < 4.78 is 0. The second-order valence-electron chi connectivity index (χ2n) is 6.31. The highest BCUT2D eigenvalue weighted by molar-refractivity contribution is 7.99. The van der Waals surface area contributed by atoms with Crippen molar-refractivity contribution in [1.29, 1.82) is 0 Å². The number of nitrogens with one attached hydrogen (secondary N) is 1. The number of rotatable bonds is 2. The first kappa shape index (κ1) is 12.3. The highest BCUT2D eigenvalue weighted by atomic mass is 32.2. The monoisotopic (exact) mass is 254 g/mol. The van der Waals surface area contributed by atoms with Gasteiger partial charge in [-0.1, -0.05) is 0 Å². The van der Waals surface area contributed by atoms with E-state index in [1.54, 1.807) is 0 Å². The van der Waals surface area contributed by atoms with Crippen molar-refractivity contribution >= 4 is 11.8 Å². The topological polar surface area (TPSA) is 15.3 Å². The minimum Gasteiger partial charge on any atom is -0.310 e. The van der Waals surface area contributed by atoms with E-state index in [0.29, 0.717) is 5.54 Å². The molecule has 0 bridgehead atoms. The highest BCUT2D eigenvalue weighted by Gasteiger charge is 2.43. The quantitative estimate of drug-likeness (QED) is 0.814. The molecule has 17 heavy (non-hydrogen) atoms. The number of hydrogen-bond donors (Lipinski definition) is 1. The lowest BCUT2D eigenvalue weighted by atomic mass is 9.94. The van der Waals surface area contributed by atoms with Gasteiger partial charge in [-0.2, -0.15) is 11.8 Å². The van der Waals surface area contributed by atoms with Crippen LogP contribution in [0.3, 0.4) is 0 Å². The van der Waals surface area contributed by atoms with Gasteiger partial charge < -0.3 is 5.32 Å². The van der Waals surface area contributed by atoms with E-state index in [2.05, 4.69) is 28.9 Å². The van der Waals surface area contributed by atoms with Crippen LogP contribution in [0.15, 0.2) is 0 Å². The van der Waals surface area contributed by atoms with E-state index >= 15 is 0 Å². The summed E-state index contributed by atoms with van der Waals surface area (Å²) in [5.74, 6) is 3.72. The summed E-state index contributed by atoms with van der Waals surface area (Å²) in [6.45, 7) is 6.31. The molecule has 0 amide bonds. The lowest BCUT2D eigenvalue weighted by Gasteiger charge is -2.39. The fourth-order valence-electron chi connectivity index (χ4n) is 3.53. The molecule has 1 N–H and O–H groups in total. The number of nitrogens with zero attached hydrogens (tertiary/aromatic N) is 1. The fourth-order valence-corrected chi connectivity index (χ4v) is 4.72. The molecule has 2 heterocycles. The molecule has 2 atom stereocenters. The molecule has 0 spiro atoms. The molecule has 1 aliphatic carbocycles. The highest BCUT2D eigenvalue weighted by Crippen LogP contribution is 2.41. The Morgan fingerprint density at radius 2 is 2.12 bits per heavy atom. The third kappa shape index (κ3) is 2.82. The SMILES string of the molecule is CC1(C2CC2)CN(C2CCCSC2)CCCN1. The van der Waals surface area contributed by atoms with E-state index in [1.165, 1.54) is 63.2 Å². The average molecular weight is 254 g/mol. The van der Waals surface area contributed by atoms with Crippen molar-refractivity contribution in [1.82, 2.24) is 10.2 Å². The van der Waals surface area contributed by atoms with Gasteiger partial charge in [0.15, 0.2) is 0 Å². The molecule has 0 aromatic rings. The first-order chi connectivity index (χ1) is 8.28. The fraction of sp³-hybridized carbons (Fsp3) is 1.00. The maximum Gasteiger partial charge on any atom is 0.0308 e. The van der Waals surface area contributed by atoms with Crippen molar-refractivity contribution in [3.05, 3.63) is 0 Å². The predicted octanol–water partition coefficient (Wildman–Crippen LogP) is 2.35. The summed E-state index contributed by atoms with van der Waals surface area (Å²) in [4.78, 5) is 2.81. The first-order valence-electron chi connectivity index (χ1n) is 7.35. The number of hydrogen-bond acceptors (Lipinski definition) is 3.